The van der Waals surface area contributed by atoms with Crippen molar-refractivity contribution in [2.75, 3.05) is 19.6 Å². The highest BCUT2D eigenvalue weighted by Crippen LogP contribution is 2.53. The molecule has 0 bridgehead atoms. The van der Waals surface area contributed by atoms with E-state index in [0.29, 0.717) is 0 Å². The van der Waals surface area contributed by atoms with Crippen molar-refractivity contribution in [3.8, 4) is 33.4 Å². The molecule has 0 saturated heterocycles. The zero-order valence-corrected chi connectivity index (χ0v) is 52.6. The first kappa shape index (κ1) is 55.0. The molecule has 14 aromatic rings. The molecule has 0 amide bonds. The van der Waals surface area contributed by atoms with E-state index in [9.17, 15) is 0 Å². The fraction of sp³-hybridized carbons (Fsp3) is 0.0118. The Morgan fingerprint density at radius 3 is 1.43 bits per heavy atom. The highest BCUT2D eigenvalue weighted by atomic mass is 32.2. The van der Waals surface area contributed by atoms with Crippen LogP contribution >= 0.6 is 23.5 Å². The van der Waals surface area contributed by atoms with Crippen molar-refractivity contribution >= 4 is 138 Å². The molecular weight excluding hydrogens is 1160 g/mol. The van der Waals surface area contributed by atoms with Crippen LogP contribution in [-0.2, 0) is 0 Å². The van der Waals surface area contributed by atoms with Crippen molar-refractivity contribution < 1.29 is 0 Å². The zero-order chi connectivity index (χ0) is 61.5. The largest absolute Gasteiger partial charge is 0.311 e. The molecule has 0 spiro atoms. The van der Waals surface area contributed by atoms with Crippen molar-refractivity contribution in [2.45, 2.75) is 26.5 Å². The molecule has 4 aliphatic rings. The first-order chi connectivity index (χ1) is 46.1. The van der Waals surface area contributed by atoms with E-state index in [1.54, 1.807) is 0 Å². The molecule has 8 heteroatoms. The Morgan fingerprint density at radius 1 is 0.280 bits per heavy atom. The Balaban J connectivity index is 0.912. The molecule has 0 N–H and O–H groups in total. The van der Waals surface area contributed by atoms with Crippen LogP contribution in [0.1, 0.15) is 5.56 Å². The van der Waals surface area contributed by atoms with Crippen LogP contribution in [0.3, 0.4) is 0 Å². The quantitative estimate of drug-likeness (QED) is 0.119. The average molecular weight is 1220 g/mol. The van der Waals surface area contributed by atoms with E-state index in [1.165, 1.54) is 109 Å². The second-order valence-corrected chi connectivity index (χ2v) is 26.5. The SMILES string of the molecule is Cc1cccc(-c2ccccc2)c1N1c2cc3c(cc2B2c4ccccc4Sc4cc(N(c5ccccc5)c5ccccc5)cc1c42)B1c2ccccc2N(c2ccccc2)c2cc(N(c4ccc(-c5ccccc5)cc4)c4ccccc4-c4ccccc4)cc(c21)S3. The second kappa shape index (κ2) is 22.8. The average Bonchev–Trinajstić information content (AvgIpc) is 0.698. The highest BCUT2D eigenvalue weighted by Gasteiger charge is 2.47. The molecule has 93 heavy (non-hydrogen) atoms. The number of benzene rings is 14. The lowest BCUT2D eigenvalue weighted by molar-refractivity contribution is 1.21. The van der Waals surface area contributed by atoms with Gasteiger partial charge >= 0.3 is 0 Å². The van der Waals surface area contributed by atoms with Gasteiger partial charge in [0.15, 0.2) is 0 Å². The van der Waals surface area contributed by atoms with E-state index in [4.69, 9.17) is 0 Å². The summed E-state index contributed by atoms with van der Waals surface area (Å²) in [5.41, 5.74) is 29.7. The van der Waals surface area contributed by atoms with E-state index in [0.717, 1.165) is 50.9 Å². The summed E-state index contributed by atoms with van der Waals surface area (Å²) >= 11 is 3.83. The number of hydrogen-bond acceptors (Lipinski definition) is 6. The van der Waals surface area contributed by atoms with Gasteiger partial charge < -0.3 is 19.6 Å². The van der Waals surface area contributed by atoms with Crippen LogP contribution in [0.4, 0.5) is 68.2 Å². The third-order valence-corrected chi connectivity index (χ3v) is 21.3. The summed E-state index contributed by atoms with van der Waals surface area (Å²) < 4.78 is 0. The molecule has 0 atom stereocenters. The fourth-order valence-electron chi connectivity index (χ4n) is 15.0. The standard InChI is InChI=1S/C85H58B2N4S2/c1-57-27-26-41-69(61-32-12-4-13-33-61)85(57)91-76-56-80-73(55-72(76)87-71-43-22-25-46-79(71)92-81-53-66(51-78(91)84(81)87)88(62-34-14-5-15-35-62)63-36-16-6-17-37-63)86-70-42-21-24-45-75(70)90(64-38-18-7-19-39-64)77-52-67(54-82(93-80)83(77)86)89(65-49-47-59(48-50-65)58-28-8-2-9-29-58)74-44-23-20-40-68(74)60-30-10-3-11-31-60/h2-56H,1H3. The fourth-order valence-corrected chi connectivity index (χ4v) is 17.4. The molecule has 0 radical (unpaired) electrons. The van der Waals surface area contributed by atoms with Crippen LogP contribution in [0.25, 0.3) is 33.4 Å². The van der Waals surface area contributed by atoms with Gasteiger partial charge in [0.2, 0.25) is 13.4 Å². The van der Waals surface area contributed by atoms with Crippen LogP contribution < -0.4 is 52.4 Å². The lowest BCUT2D eigenvalue weighted by Gasteiger charge is -2.44. The predicted octanol–water partition coefficient (Wildman–Crippen LogP) is 19.5. The van der Waals surface area contributed by atoms with E-state index in [1.807, 2.05) is 23.5 Å². The summed E-state index contributed by atoms with van der Waals surface area (Å²) in [6, 6.07) is 124. The van der Waals surface area contributed by atoms with Crippen LogP contribution in [-0.4, -0.2) is 13.4 Å². The number of nitrogens with zero attached hydrogens (tertiary/aromatic N) is 4. The number of hydrogen-bond donors (Lipinski definition) is 0. The molecule has 0 aliphatic carbocycles. The molecular formula is C85H58B2N4S2. The minimum atomic E-state index is -0.0921. The van der Waals surface area contributed by atoms with Gasteiger partial charge in [-0.1, -0.05) is 271 Å². The summed E-state index contributed by atoms with van der Waals surface area (Å²) in [6.07, 6.45) is 0. The maximum absolute atomic E-state index is 2.67. The minimum Gasteiger partial charge on any atom is -0.311 e. The van der Waals surface area contributed by atoms with Gasteiger partial charge in [-0.15, -0.1) is 0 Å². The van der Waals surface area contributed by atoms with Gasteiger partial charge in [-0.3, -0.25) is 0 Å². The summed E-state index contributed by atoms with van der Waals surface area (Å²) in [5, 5.41) is 0. The molecule has 4 heterocycles. The van der Waals surface area contributed by atoms with E-state index in [-0.39, 0.29) is 13.4 Å². The van der Waals surface area contributed by atoms with Gasteiger partial charge in [0.05, 0.1) is 11.4 Å². The molecule has 0 fully saturated rings. The molecule has 0 aromatic heterocycles. The Bertz CT molecular complexity index is 5150. The topological polar surface area (TPSA) is 13.0 Å². The van der Waals surface area contributed by atoms with E-state index in [2.05, 4.69) is 360 Å². The van der Waals surface area contributed by atoms with Gasteiger partial charge in [0, 0.05) is 87.6 Å². The summed E-state index contributed by atoms with van der Waals surface area (Å²) in [6.45, 7) is 2.14. The predicted molar refractivity (Wildman–Crippen MR) is 397 cm³/mol. The molecule has 0 saturated carbocycles. The van der Waals surface area contributed by atoms with Crippen molar-refractivity contribution in [1.82, 2.24) is 0 Å². The number of aryl methyl sites for hydroxylation is 1. The highest BCUT2D eigenvalue weighted by molar-refractivity contribution is 8.00. The van der Waals surface area contributed by atoms with Gasteiger partial charge in [-0.2, -0.15) is 0 Å². The third-order valence-electron chi connectivity index (χ3n) is 19.0. The summed E-state index contributed by atoms with van der Waals surface area (Å²) in [4.78, 5) is 15.2. The van der Waals surface area contributed by atoms with Crippen LogP contribution in [0.15, 0.2) is 353 Å². The number of fused-ring (bicyclic) bond motifs is 8. The number of rotatable bonds is 11. The van der Waals surface area contributed by atoms with Gasteiger partial charge in [-0.25, -0.2) is 0 Å². The van der Waals surface area contributed by atoms with Crippen LogP contribution in [0, 0.1) is 6.92 Å². The van der Waals surface area contributed by atoms with E-state index < -0.39 is 0 Å². The Labute approximate surface area is 552 Å². The second-order valence-electron chi connectivity index (χ2n) is 24.4. The minimum absolute atomic E-state index is 0.0661. The molecule has 436 valence electrons. The number of anilines is 12. The summed E-state index contributed by atoms with van der Waals surface area (Å²) in [5.74, 6) is 0. The maximum Gasteiger partial charge on any atom is 0.249 e. The normalized spacial score (nSPS) is 12.8. The summed E-state index contributed by atoms with van der Waals surface area (Å²) in [7, 11) is 0. The Morgan fingerprint density at radius 2 is 0.763 bits per heavy atom. The first-order valence-corrected chi connectivity index (χ1v) is 33.6. The van der Waals surface area contributed by atoms with Crippen molar-refractivity contribution in [1.29, 1.82) is 0 Å². The van der Waals surface area contributed by atoms with Crippen molar-refractivity contribution in [3.05, 3.63) is 339 Å². The zero-order valence-electron chi connectivity index (χ0n) is 51.0. The Kier molecular flexibility index (Phi) is 13.5. The van der Waals surface area contributed by atoms with Crippen molar-refractivity contribution in [2.24, 2.45) is 0 Å². The molecule has 0 unspecified atom stereocenters. The third kappa shape index (κ3) is 9.26. The van der Waals surface area contributed by atoms with E-state index >= 15 is 0 Å². The monoisotopic (exact) mass is 1220 g/mol. The molecule has 4 aliphatic heterocycles. The molecule has 4 nitrogen and oxygen atoms in total. The lowest BCUT2D eigenvalue weighted by Crippen LogP contribution is -2.64. The number of para-hydroxylation sites is 6. The van der Waals surface area contributed by atoms with Gasteiger partial charge in [0.25, 0.3) is 0 Å². The smallest absolute Gasteiger partial charge is 0.249 e. The first-order valence-electron chi connectivity index (χ1n) is 32.0. The molecule has 14 aromatic carbocycles. The maximum atomic E-state index is 2.67. The van der Waals surface area contributed by atoms with Gasteiger partial charge in [-0.05, 0) is 154 Å². The molecule has 18 rings (SSSR count). The van der Waals surface area contributed by atoms with Crippen molar-refractivity contribution in [3.63, 3.8) is 0 Å². The Hall–Kier alpha value is -10.9. The van der Waals surface area contributed by atoms with Gasteiger partial charge in [0.1, 0.15) is 0 Å². The van der Waals surface area contributed by atoms with Crippen LogP contribution in [0.5, 0.6) is 0 Å². The van der Waals surface area contributed by atoms with Crippen LogP contribution in [0.2, 0.25) is 0 Å². The lowest BCUT2D eigenvalue weighted by atomic mass is 9.31.